The lowest BCUT2D eigenvalue weighted by Crippen LogP contribution is -2.36. The summed E-state index contributed by atoms with van der Waals surface area (Å²) in [5.41, 5.74) is 0.561. The van der Waals surface area contributed by atoms with Gasteiger partial charge >= 0.3 is 12.1 Å². The zero-order chi connectivity index (χ0) is 19.3. The number of nitrogens with one attached hydrogen (secondary N) is 2. The number of carbonyl (C=O) groups is 3. The highest BCUT2D eigenvalue weighted by Gasteiger charge is 2.28. The molecule has 0 spiro atoms. The third kappa shape index (κ3) is 5.56. The fourth-order valence-corrected chi connectivity index (χ4v) is 3.70. The summed E-state index contributed by atoms with van der Waals surface area (Å²) in [4.78, 5) is 35.8. The standard InChI is InChI=1S/C15H13F3N2O4S2/c1-8(21)20-13-12(9(6-26-13)10-3-2-4-25-10)14(23)24-5-11(22)19-7-15(16,17)18/h2-4,6H,5,7H2,1H3,(H,19,22)(H,20,21). The van der Waals surface area contributed by atoms with Gasteiger partial charge in [-0.15, -0.1) is 22.7 Å². The monoisotopic (exact) mass is 406 g/mol. The molecule has 2 N–H and O–H groups in total. The third-order valence-corrected chi connectivity index (χ3v) is 4.69. The molecule has 2 rings (SSSR count). The number of thiophene rings is 2. The first-order valence-electron chi connectivity index (χ1n) is 7.11. The van der Waals surface area contributed by atoms with Crippen LogP contribution in [0.2, 0.25) is 0 Å². The number of anilines is 1. The average Bonchev–Trinajstić information content (AvgIpc) is 3.18. The molecule has 0 aliphatic carbocycles. The van der Waals surface area contributed by atoms with Crippen molar-refractivity contribution < 1.29 is 32.3 Å². The Hall–Kier alpha value is -2.40. The molecule has 11 heteroatoms. The molecule has 0 radical (unpaired) electrons. The van der Waals surface area contributed by atoms with Gasteiger partial charge in [0, 0.05) is 22.7 Å². The third-order valence-electron chi connectivity index (χ3n) is 2.89. The van der Waals surface area contributed by atoms with Crippen LogP contribution in [0.3, 0.4) is 0 Å². The minimum Gasteiger partial charge on any atom is -0.452 e. The normalized spacial score (nSPS) is 11.1. The van der Waals surface area contributed by atoms with E-state index in [9.17, 15) is 27.6 Å². The van der Waals surface area contributed by atoms with E-state index in [2.05, 4.69) is 5.32 Å². The smallest absolute Gasteiger partial charge is 0.405 e. The first-order chi connectivity index (χ1) is 12.2. The Balaban J connectivity index is 2.12. The lowest BCUT2D eigenvalue weighted by atomic mass is 10.1. The number of hydrogen-bond acceptors (Lipinski definition) is 6. The summed E-state index contributed by atoms with van der Waals surface area (Å²) in [6.45, 7) is -1.11. The molecule has 0 unspecified atom stereocenters. The van der Waals surface area contributed by atoms with Crippen LogP contribution in [-0.4, -0.2) is 37.1 Å². The van der Waals surface area contributed by atoms with Crippen molar-refractivity contribution in [1.82, 2.24) is 5.32 Å². The molecule has 2 heterocycles. The number of hydrogen-bond donors (Lipinski definition) is 2. The Labute approximate surface area is 154 Å². The molecule has 26 heavy (non-hydrogen) atoms. The molecule has 0 saturated carbocycles. The van der Waals surface area contributed by atoms with Gasteiger partial charge in [0.05, 0.1) is 0 Å². The molecule has 0 saturated heterocycles. The maximum atomic E-state index is 12.4. The molecule has 0 aliphatic rings. The van der Waals surface area contributed by atoms with Gasteiger partial charge in [-0.2, -0.15) is 13.2 Å². The van der Waals surface area contributed by atoms with Crippen molar-refractivity contribution in [3.05, 3.63) is 28.5 Å². The maximum absolute atomic E-state index is 12.4. The number of halogens is 3. The van der Waals surface area contributed by atoms with Crippen molar-refractivity contribution in [3.63, 3.8) is 0 Å². The summed E-state index contributed by atoms with van der Waals surface area (Å²) in [6.07, 6.45) is -4.56. The first-order valence-corrected chi connectivity index (χ1v) is 8.87. The minimum absolute atomic E-state index is 0.0521. The molecule has 0 aromatic carbocycles. The van der Waals surface area contributed by atoms with Gasteiger partial charge in [-0.25, -0.2) is 4.79 Å². The number of alkyl halides is 3. The van der Waals surface area contributed by atoms with E-state index in [1.807, 2.05) is 0 Å². The van der Waals surface area contributed by atoms with Crippen LogP contribution in [-0.2, 0) is 14.3 Å². The molecule has 6 nitrogen and oxygen atoms in total. The van der Waals surface area contributed by atoms with Crippen molar-refractivity contribution in [2.75, 3.05) is 18.5 Å². The summed E-state index contributed by atoms with van der Waals surface area (Å²) in [6, 6.07) is 3.53. The second-order valence-corrected chi connectivity index (χ2v) is 6.81. The van der Waals surface area contributed by atoms with Crippen molar-refractivity contribution in [2.45, 2.75) is 13.1 Å². The first kappa shape index (κ1) is 19.9. The number of ether oxygens (including phenoxy) is 1. The maximum Gasteiger partial charge on any atom is 0.405 e. The summed E-state index contributed by atoms with van der Waals surface area (Å²) >= 11 is 2.46. The van der Waals surface area contributed by atoms with Crippen molar-refractivity contribution in [2.24, 2.45) is 0 Å². The van der Waals surface area contributed by atoms with E-state index in [-0.39, 0.29) is 10.6 Å². The van der Waals surface area contributed by atoms with E-state index in [1.54, 1.807) is 28.2 Å². The molecular weight excluding hydrogens is 393 g/mol. The Kier molecular flexibility index (Phi) is 6.37. The van der Waals surface area contributed by atoms with Gasteiger partial charge in [0.2, 0.25) is 5.91 Å². The Bertz CT molecular complexity index is 800. The molecule has 0 bridgehead atoms. The number of amides is 2. The van der Waals surface area contributed by atoms with Crippen LogP contribution in [0.1, 0.15) is 17.3 Å². The average molecular weight is 406 g/mol. The van der Waals surface area contributed by atoms with Crippen LogP contribution in [0.15, 0.2) is 22.9 Å². The minimum atomic E-state index is -4.56. The second-order valence-electron chi connectivity index (χ2n) is 4.98. The van der Waals surface area contributed by atoms with Crippen LogP contribution < -0.4 is 10.6 Å². The summed E-state index contributed by atoms with van der Waals surface area (Å²) in [5.74, 6) is -2.40. The highest BCUT2D eigenvalue weighted by molar-refractivity contribution is 7.17. The summed E-state index contributed by atoms with van der Waals surface area (Å²) < 4.78 is 41.0. The lowest BCUT2D eigenvalue weighted by Gasteiger charge is -2.10. The Morgan fingerprint density at radius 1 is 1.23 bits per heavy atom. The molecule has 2 aromatic heterocycles. The van der Waals surface area contributed by atoms with Gasteiger partial charge < -0.3 is 15.4 Å². The topological polar surface area (TPSA) is 84.5 Å². The summed E-state index contributed by atoms with van der Waals surface area (Å²) in [7, 11) is 0. The van der Waals surface area contributed by atoms with E-state index in [0.717, 1.165) is 16.2 Å². The predicted molar refractivity (Wildman–Crippen MR) is 91.3 cm³/mol. The van der Waals surface area contributed by atoms with Gasteiger partial charge in [-0.1, -0.05) is 6.07 Å². The highest BCUT2D eigenvalue weighted by atomic mass is 32.1. The lowest BCUT2D eigenvalue weighted by molar-refractivity contribution is -0.140. The van der Waals surface area contributed by atoms with E-state index < -0.39 is 37.1 Å². The molecule has 0 atom stereocenters. The zero-order valence-electron chi connectivity index (χ0n) is 13.3. The number of carbonyl (C=O) groups excluding carboxylic acids is 3. The van der Waals surface area contributed by atoms with E-state index in [0.29, 0.717) is 5.56 Å². The quantitative estimate of drug-likeness (QED) is 0.721. The molecule has 140 valence electrons. The molecular formula is C15H13F3N2O4S2. The van der Waals surface area contributed by atoms with Crippen LogP contribution in [0.5, 0.6) is 0 Å². The van der Waals surface area contributed by atoms with Crippen LogP contribution in [0, 0.1) is 0 Å². The largest absolute Gasteiger partial charge is 0.452 e. The number of esters is 1. The summed E-state index contributed by atoms with van der Waals surface area (Å²) in [5, 5.41) is 7.79. The van der Waals surface area contributed by atoms with Crippen LogP contribution in [0.4, 0.5) is 18.2 Å². The highest BCUT2D eigenvalue weighted by Crippen LogP contribution is 2.38. The van der Waals surface area contributed by atoms with Crippen molar-refractivity contribution in [1.29, 1.82) is 0 Å². The van der Waals surface area contributed by atoms with E-state index >= 15 is 0 Å². The fourth-order valence-electron chi connectivity index (χ4n) is 1.88. The Morgan fingerprint density at radius 3 is 2.54 bits per heavy atom. The Morgan fingerprint density at radius 2 is 1.96 bits per heavy atom. The molecule has 0 aliphatic heterocycles. The van der Waals surface area contributed by atoms with Crippen molar-refractivity contribution >= 4 is 45.5 Å². The van der Waals surface area contributed by atoms with E-state index in [4.69, 9.17) is 4.74 Å². The van der Waals surface area contributed by atoms with Gasteiger partial charge in [-0.3, -0.25) is 9.59 Å². The van der Waals surface area contributed by atoms with Gasteiger partial charge in [0.1, 0.15) is 17.1 Å². The van der Waals surface area contributed by atoms with Crippen LogP contribution >= 0.6 is 22.7 Å². The van der Waals surface area contributed by atoms with Gasteiger partial charge in [0.15, 0.2) is 6.61 Å². The van der Waals surface area contributed by atoms with Gasteiger partial charge in [-0.05, 0) is 11.4 Å². The fraction of sp³-hybridized carbons (Fsp3) is 0.267. The van der Waals surface area contributed by atoms with Gasteiger partial charge in [0.25, 0.3) is 5.91 Å². The SMILES string of the molecule is CC(=O)Nc1scc(-c2cccs2)c1C(=O)OCC(=O)NCC(F)(F)F. The predicted octanol–water partition coefficient (Wildman–Crippen LogP) is 3.27. The number of rotatable bonds is 6. The second kappa shape index (κ2) is 8.32. The van der Waals surface area contributed by atoms with Crippen LogP contribution in [0.25, 0.3) is 10.4 Å². The van der Waals surface area contributed by atoms with Crippen molar-refractivity contribution in [3.8, 4) is 10.4 Å². The molecule has 0 fully saturated rings. The van der Waals surface area contributed by atoms with E-state index in [1.165, 1.54) is 18.3 Å². The molecule has 2 aromatic rings. The zero-order valence-corrected chi connectivity index (χ0v) is 14.9. The molecule has 2 amide bonds.